The quantitative estimate of drug-likeness (QED) is 0.311. The second-order valence-electron chi connectivity index (χ2n) is 13.3. The molecule has 0 bridgehead atoms. The van der Waals surface area contributed by atoms with E-state index in [4.69, 9.17) is 24.2 Å². The van der Waals surface area contributed by atoms with Crippen LogP contribution in [0.25, 0.3) is 11.1 Å². The maximum absolute atomic E-state index is 13.6. The Balaban J connectivity index is 2.22. The van der Waals surface area contributed by atoms with Gasteiger partial charge in [-0.3, -0.25) is 4.98 Å². The van der Waals surface area contributed by atoms with Crippen LogP contribution in [-0.4, -0.2) is 47.3 Å². The molecule has 2 aromatic rings. The Morgan fingerprint density at radius 3 is 2.21 bits per heavy atom. The van der Waals surface area contributed by atoms with Crippen LogP contribution in [0.2, 0.25) is 0 Å². The number of anilines is 1. The molecule has 3 rings (SSSR count). The number of piperidine rings is 1. The largest absolute Gasteiger partial charge is 0.477 e. The number of nitrogens with zero attached hydrogens (tertiary/aromatic N) is 3. The number of rotatable bonds is 9. The van der Waals surface area contributed by atoms with Crippen molar-refractivity contribution in [3.8, 4) is 17.0 Å². The first kappa shape index (κ1) is 30.9. The fraction of sp³-hybridized carbons (Fsp3) is 0.656. The summed E-state index contributed by atoms with van der Waals surface area (Å²) in [6.07, 6.45) is 2.84. The molecule has 0 amide bonds. The Kier molecular flexibility index (Phi) is 9.69. The van der Waals surface area contributed by atoms with Crippen molar-refractivity contribution in [1.29, 1.82) is 0 Å². The monoisotopic (exact) mass is 539 g/mol. The van der Waals surface area contributed by atoms with Crippen molar-refractivity contribution in [3.05, 3.63) is 35.3 Å². The lowest BCUT2D eigenvalue weighted by atomic mass is 9.82. The SMILES string of the molecule is Cc1nc(OCC(C)C)ccc1-c1cnc(C)c(C(OC(C)(C)C)C(=O)OC(C)C)c1N1CCC(C)(C)CC1. The number of esters is 1. The van der Waals surface area contributed by atoms with Crippen LogP contribution in [0.15, 0.2) is 18.3 Å². The number of pyridine rings is 2. The van der Waals surface area contributed by atoms with Crippen LogP contribution in [0.3, 0.4) is 0 Å². The summed E-state index contributed by atoms with van der Waals surface area (Å²) in [5.41, 5.74) is 4.96. The van der Waals surface area contributed by atoms with Crippen molar-refractivity contribution in [2.75, 3.05) is 24.6 Å². The van der Waals surface area contributed by atoms with Crippen molar-refractivity contribution in [2.24, 2.45) is 11.3 Å². The zero-order chi connectivity index (χ0) is 29.1. The van der Waals surface area contributed by atoms with E-state index >= 15 is 0 Å². The van der Waals surface area contributed by atoms with Gasteiger partial charge in [0.1, 0.15) is 0 Å². The normalized spacial score (nSPS) is 16.5. The van der Waals surface area contributed by atoms with Gasteiger partial charge >= 0.3 is 5.97 Å². The second-order valence-corrected chi connectivity index (χ2v) is 13.3. The van der Waals surface area contributed by atoms with Gasteiger partial charge in [-0.15, -0.1) is 0 Å². The summed E-state index contributed by atoms with van der Waals surface area (Å²) in [7, 11) is 0. The molecule has 0 aromatic carbocycles. The van der Waals surface area contributed by atoms with E-state index in [2.05, 4.69) is 38.7 Å². The highest BCUT2D eigenvalue weighted by atomic mass is 16.6. The van der Waals surface area contributed by atoms with E-state index in [-0.39, 0.29) is 11.5 Å². The Hall–Kier alpha value is -2.67. The average Bonchev–Trinajstić information content (AvgIpc) is 2.81. The predicted octanol–water partition coefficient (Wildman–Crippen LogP) is 7.23. The Labute approximate surface area is 235 Å². The van der Waals surface area contributed by atoms with Gasteiger partial charge in [0.15, 0.2) is 6.10 Å². The highest BCUT2D eigenvalue weighted by Crippen LogP contribution is 2.44. The molecule has 1 aliphatic rings. The molecule has 1 saturated heterocycles. The molecular weight excluding hydrogens is 490 g/mol. The van der Waals surface area contributed by atoms with E-state index in [1.807, 2.05) is 60.7 Å². The maximum Gasteiger partial charge on any atom is 0.340 e. The summed E-state index contributed by atoms with van der Waals surface area (Å²) in [5, 5.41) is 0. The lowest BCUT2D eigenvalue weighted by Crippen LogP contribution is -2.39. The first-order chi connectivity index (χ1) is 18.1. The van der Waals surface area contributed by atoms with Crippen molar-refractivity contribution in [3.63, 3.8) is 0 Å². The predicted molar refractivity (Wildman–Crippen MR) is 157 cm³/mol. The van der Waals surface area contributed by atoms with Gasteiger partial charge in [0.25, 0.3) is 0 Å². The number of ether oxygens (including phenoxy) is 3. The smallest absolute Gasteiger partial charge is 0.340 e. The van der Waals surface area contributed by atoms with Crippen LogP contribution in [-0.2, 0) is 14.3 Å². The van der Waals surface area contributed by atoms with Crippen LogP contribution in [0, 0.1) is 25.2 Å². The van der Waals surface area contributed by atoms with Crippen LogP contribution in [0.1, 0.15) is 98.2 Å². The lowest BCUT2D eigenvalue weighted by molar-refractivity contribution is -0.171. The van der Waals surface area contributed by atoms with Crippen LogP contribution >= 0.6 is 0 Å². The molecule has 1 fully saturated rings. The van der Waals surface area contributed by atoms with Crippen LogP contribution < -0.4 is 9.64 Å². The Morgan fingerprint density at radius 2 is 1.67 bits per heavy atom. The third kappa shape index (κ3) is 8.17. The molecule has 7 nitrogen and oxygen atoms in total. The number of aryl methyl sites for hydroxylation is 2. The molecule has 39 heavy (non-hydrogen) atoms. The number of aromatic nitrogens is 2. The molecule has 0 radical (unpaired) electrons. The number of hydrogen-bond donors (Lipinski definition) is 0. The molecule has 2 aromatic heterocycles. The molecule has 3 heterocycles. The Morgan fingerprint density at radius 1 is 1.03 bits per heavy atom. The minimum atomic E-state index is -0.910. The first-order valence-corrected chi connectivity index (χ1v) is 14.3. The highest BCUT2D eigenvalue weighted by Gasteiger charge is 2.37. The van der Waals surface area contributed by atoms with Gasteiger partial charge in [0, 0.05) is 53.4 Å². The Bertz CT molecular complexity index is 1140. The molecular formula is C32H49N3O4. The topological polar surface area (TPSA) is 73.8 Å². The minimum absolute atomic E-state index is 0.260. The van der Waals surface area contributed by atoms with Crippen molar-refractivity contribution in [1.82, 2.24) is 9.97 Å². The number of carbonyl (C=O) groups is 1. The van der Waals surface area contributed by atoms with Crippen molar-refractivity contribution in [2.45, 2.75) is 107 Å². The van der Waals surface area contributed by atoms with Gasteiger partial charge < -0.3 is 19.1 Å². The zero-order valence-corrected chi connectivity index (χ0v) is 26.0. The molecule has 0 spiro atoms. The average molecular weight is 540 g/mol. The van der Waals surface area contributed by atoms with E-state index in [1.165, 1.54) is 0 Å². The van der Waals surface area contributed by atoms with Gasteiger partial charge in [-0.05, 0) is 78.7 Å². The van der Waals surface area contributed by atoms with Crippen molar-refractivity contribution < 1.29 is 19.0 Å². The standard InChI is InChI=1S/C32H49N3O4/c1-20(2)19-37-26-13-12-24(22(5)34-26)25-18-33-23(6)27(28(25)35-16-14-32(10,11)15-17-35)29(39-31(7,8)9)30(36)38-21(3)4/h12-13,18,20-21,29H,14-17,19H2,1-11H3. The summed E-state index contributed by atoms with van der Waals surface area (Å²) < 4.78 is 18.1. The number of hydrogen-bond acceptors (Lipinski definition) is 7. The third-order valence-corrected chi connectivity index (χ3v) is 6.94. The van der Waals surface area contributed by atoms with Crippen molar-refractivity contribution >= 4 is 11.7 Å². The molecule has 1 atom stereocenters. The van der Waals surface area contributed by atoms with E-state index in [9.17, 15) is 4.79 Å². The maximum atomic E-state index is 13.6. The summed E-state index contributed by atoms with van der Waals surface area (Å²) >= 11 is 0. The molecule has 216 valence electrons. The molecule has 7 heteroatoms. The fourth-order valence-electron chi connectivity index (χ4n) is 4.82. The highest BCUT2D eigenvalue weighted by molar-refractivity contribution is 5.87. The fourth-order valence-corrected chi connectivity index (χ4v) is 4.82. The molecule has 1 unspecified atom stereocenters. The second kappa shape index (κ2) is 12.2. The van der Waals surface area contributed by atoms with Crippen LogP contribution in [0.4, 0.5) is 5.69 Å². The summed E-state index contributed by atoms with van der Waals surface area (Å²) in [6.45, 7) is 24.8. The zero-order valence-electron chi connectivity index (χ0n) is 26.0. The minimum Gasteiger partial charge on any atom is -0.477 e. The van der Waals surface area contributed by atoms with Gasteiger partial charge in [0.2, 0.25) is 5.88 Å². The molecule has 0 aliphatic carbocycles. The van der Waals surface area contributed by atoms with E-state index in [0.29, 0.717) is 18.4 Å². The van der Waals surface area contributed by atoms with E-state index < -0.39 is 17.7 Å². The molecule has 0 N–H and O–H groups in total. The summed E-state index contributed by atoms with van der Waals surface area (Å²) in [6, 6.07) is 3.97. The van der Waals surface area contributed by atoms with Gasteiger partial charge in [-0.1, -0.05) is 27.7 Å². The summed E-state index contributed by atoms with van der Waals surface area (Å²) in [5.74, 6) is 0.629. The van der Waals surface area contributed by atoms with Gasteiger partial charge in [-0.2, -0.15) is 0 Å². The van der Waals surface area contributed by atoms with E-state index in [1.54, 1.807) is 0 Å². The third-order valence-electron chi connectivity index (χ3n) is 6.94. The molecule has 0 saturated carbocycles. The first-order valence-electron chi connectivity index (χ1n) is 14.3. The number of carbonyl (C=O) groups excluding carboxylic acids is 1. The van der Waals surface area contributed by atoms with E-state index in [0.717, 1.165) is 59.7 Å². The molecule has 1 aliphatic heterocycles. The lowest BCUT2D eigenvalue weighted by Gasteiger charge is -2.41. The summed E-state index contributed by atoms with van der Waals surface area (Å²) in [4.78, 5) is 25.6. The van der Waals surface area contributed by atoms with Crippen LogP contribution in [0.5, 0.6) is 5.88 Å². The van der Waals surface area contributed by atoms with Gasteiger partial charge in [-0.25, -0.2) is 9.78 Å². The van der Waals surface area contributed by atoms with Gasteiger partial charge in [0.05, 0.1) is 24.0 Å².